The van der Waals surface area contributed by atoms with Crippen LogP contribution in [0, 0.1) is 10.1 Å². The summed E-state index contributed by atoms with van der Waals surface area (Å²) in [5.74, 6) is -1.20. The number of rotatable bonds is 10. The summed E-state index contributed by atoms with van der Waals surface area (Å²) in [5.41, 5.74) is 2.14. The minimum Gasteiger partial charge on any atom is -0.462 e. The fraction of sp³-hybridized carbons (Fsp3) is 0.100. The maximum Gasteiger partial charge on any atom is 0.338 e. The Balaban J connectivity index is 1.51. The van der Waals surface area contributed by atoms with E-state index in [1.807, 2.05) is 36.4 Å². The molecule has 0 saturated heterocycles. The van der Waals surface area contributed by atoms with E-state index >= 15 is 0 Å². The normalized spacial score (nSPS) is 11.2. The first-order valence-electron chi connectivity index (χ1n) is 12.3. The molecule has 0 bridgehead atoms. The van der Waals surface area contributed by atoms with Crippen LogP contribution < -0.4 is 10.6 Å². The molecule has 2 amide bonds. The number of esters is 1. The van der Waals surface area contributed by atoms with Crippen molar-refractivity contribution in [2.75, 3.05) is 17.2 Å². The van der Waals surface area contributed by atoms with Gasteiger partial charge < -0.3 is 15.4 Å². The fourth-order valence-corrected chi connectivity index (χ4v) is 4.84. The van der Waals surface area contributed by atoms with E-state index in [2.05, 4.69) is 10.6 Å². The summed E-state index contributed by atoms with van der Waals surface area (Å²) >= 11 is 1.30. The van der Waals surface area contributed by atoms with E-state index in [0.717, 1.165) is 10.5 Å². The average molecular weight is 556 g/mol. The molecule has 4 rings (SSSR count). The molecule has 0 spiro atoms. The number of thioether (sulfide) groups is 1. The second-order valence-corrected chi connectivity index (χ2v) is 9.66. The van der Waals surface area contributed by atoms with Crippen molar-refractivity contribution in [1.82, 2.24) is 0 Å². The Hall–Kier alpha value is -4.96. The molecule has 2 N–H and O–H groups in total. The van der Waals surface area contributed by atoms with E-state index < -0.39 is 22.0 Å². The Morgan fingerprint density at radius 3 is 2.25 bits per heavy atom. The lowest BCUT2D eigenvalue weighted by Gasteiger charge is -2.18. The molecule has 4 aromatic rings. The molecule has 0 saturated carbocycles. The van der Waals surface area contributed by atoms with Crippen molar-refractivity contribution in [3.63, 3.8) is 0 Å². The molecule has 0 heterocycles. The van der Waals surface area contributed by atoms with Crippen LogP contribution >= 0.6 is 11.8 Å². The molecule has 9 nitrogen and oxygen atoms in total. The van der Waals surface area contributed by atoms with Crippen molar-refractivity contribution in [1.29, 1.82) is 0 Å². The van der Waals surface area contributed by atoms with Crippen LogP contribution in [0.15, 0.2) is 108 Å². The Labute approximate surface area is 234 Å². The van der Waals surface area contributed by atoms with Gasteiger partial charge in [-0.3, -0.25) is 19.7 Å². The number of carbonyl (C=O) groups is 3. The average Bonchev–Trinajstić information content (AvgIpc) is 2.97. The molecular weight excluding hydrogens is 530 g/mol. The van der Waals surface area contributed by atoms with Gasteiger partial charge in [-0.25, -0.2) is 4.79 Å². The zero-order chi connectivity index (χ0) is 28.5. The smallest absolute Gasteiger partial charge is 0.338 e. The molecule has 10 heteroatoms. The number of hydrogen-bond acceptors (Lipinski definition) is 7. The Morgan fingerprint density at radius 2 is 1.55 bits per heavy atom. The number of ether oxygens (including phenoxy) is 1. The molecule has 0 aliphatic carbocycles. The largest absolute Gasteiger partial charge is 0.462 e. The first-order chi connectivity index (χ1) is 19.3. The monoisotopic (exact) mass is 555 g/mol. The van der Waals surface area contributed by atoms with Gasteiger partial charge in [0.15, 0.2) is 0 Å². The lowest BCUT2D eigenvalue weighted by atomic mass is 10.1. The van der Waals surface area contributed by atoms with E-state index in [1.165, 1.54) is 36.0 Å². The van der Waals surface area contributed by atoms with Crippen LogP contribution in [0.2, 0.25) is 0 Å². The highest BCUT2D eigenvalue weighted by molar-refractivity contribution is 8.00. The van der Waals surface area contributed by atoms with Crippen molar-refractivity contribution in [2.24, 2.45) is 0 Å². The van der Waals surface area contributed by atoms with Crippen molar-refractivity contribution >= 4 is 46.6 Å². The van der Waals surface area contributed by atoms with Crippen LogP contribution in [0.25, 0.3) is 0 Å². The van der Waals surface area contributed by atoms with Crippen molar-refractivity contribution < 1.29 is 24.0 Å². The molecule has 0 fully saturated rings. The van der Waals surface area contributed by atoms with Crippen molar-refractivity contribution in [3.05, 3.63) is 130 Å². The van der Waals surface area contributed by atoms with Gasteiger partial charge in [-0.05, 0) is 61.0 Å². The number of anilines is 2. The zero-order valence-corrected chi connectivity index (χ0v) is 22.2. The molecule has 1 unspecified atom stereocenters. The minimum atomic E-state index is -0.631. The van der Waals surface area contributed by atoms with Crippen LogP contribution in [-0.4, -0.2) is 29.3 Å². The van der Waals surface area contributed by atoms with Gasteiger partial charge in [0.1, 0.15) is 5.25 Å². The third-order valence-electron chi connectivity index (χ3n) is 5.67. The van der Waals surface area contributed by atoms with E-state index in [1.54, 1.807) is 49.4 Å². The summed E-state index contributed by atoms with van der Waals surface area (Å²) in [7, 11) is 0. The number of non-ortho nitro benzene ring substituents is 1. The molecule has 1 atom stereocenters. The van der Waals surface area contributed by atoms with Crippen LogP contribution in [0.3, 0.4) is 0 Å². The molecule has 0 aromatic heterocycles. The molecule has 202 valence electrons. The second kappa shape index (κ2) is 13.2. The van der Waals surface area contributed by atoms with Gasteiger partial charge in [0.2, 0.25) is 5.91 Å². The summed E-state index contributed by atoms with van der Waals surface area (Å²) in [6, 6.07) is 28.2. The first kappa shape index (κ1) is 28.1. The number of nitro benzene ring substituents is 1. The van der Waals surface area contributed by atoms with Gasteiger partial charge in [0, 0.05) is 34.0 Å². The summed E-state index contributed by atoms with van der Waals surface area (Å²) < 4.78 is 5.00. The Kier molecular flexibility index (Phi) is 9.27. The summed E-state index contributed by atoms with van der Waals surface area (Å²) in [4.78, 5) is 49.3. The van der Waals surface area contributed by atoms with Gasteiger partial charge in [-0.1, -0.05) is 42.5 Å². The second-order valence-electron chi connectivity index (χ2n) is 8.49. The quantitative estimate of drug-likeness (QED) is 0.0990. The topological polar surface area (TPSA) is 128 Å². The van der Waals surface area contributed by atoms with E-state index in [0.29, 0.717) is 16.9 Å². The zero-order valence-electron chi connectivity index (χ0n) is 21.4. The van der Waals surface area contributed by atoms with Crippen LogP contribution in [0.1, 0.15) is 38.5 Å². The van der Waals surface area contributed by atoms with Crippen LogP contribution in [0.5, 0.6) is 0 Å². The first-order valence-corrected chi connectivity index (χ1v) is 13.2. The highest BCUT2D eigenvalue weighted by atomic mass is 32.2. The van der Waals surface area contributed by atoms with Gasteiger partial charge >= 0.3 is 5.97 Å². The molecule has 0 aliphatic heterocycles. The van der Waals surface area contributed by atoms with Crippen molar-refractivity contribution in [2.45, 2.75) is 17.1 Å². The third-order valence-corrected chi connectivity index (χ3v) is 6.92. The van der Waals surface area contributed by atoms with E-state index in [4.69, 9.17) is 4.74 Å². The summed E-state index contributed by atoms with van der Waals surface area (Å²) in [6.07, 6.45) is 0. The summed E-state index contributed by atoms with van der Waals surface area (Å²) in [6.45, 7) is 2.00. The SMILES string of the molecule is CCOC(=O)c1ccc(NC(=O)C(Sc2cccc(NC(=O)c3cccc([N+](=O)[O-])c3)c2)c2ccccc2)cc1. The number of nitro groups is 1. The maximum absolute atomic E-state index is 13.4. The third kappa shape index (κ3) is 7.33. The maximum atomic E-state index is 13.4. The number of carbonyl (C=O) groups excluding carboxylic acids is 3. The number of benzene rings is 4. The molecule has 0 radical (unpaired) electrons. The Morgan fingerprint density at radius 1 is 0.825 bits per heavy atom. The lowest BCUT2D eigenvalue weighted by Crippen LogP contribution is -2.19. The number of nitrogens with zero attached hydrogens (tertiary/aromatic N) is 1. The predicted octanol–water partition coefficient (Wildman–Crippen LogP) is 6.50. The van der Waals surface area contributed by atoms with Gasteiger partial charge in [-0.2, -0.15) is 0 Å². The standard InChI is InChI=1S/C30H25N3O6S/c1-2-39-30(36)21-14-16-23(17-15-21)31-29(35)27(20-8-4-3-5-9-20)40-26-13-7-11-24(19-26)32-28(34)22-10-6-12-25(18-22)33(37)38/h3-19,27H,2H2,1H3,(H,31,35)(H,32,34). The Bertz CT molecular complexity index is 1530. The minimum absolute atomic E-state index is 0.155. The number of hydrogen-bond donors (Lipinski definition) is 2. The van der Waals surface area contributed by atoms with Crippen LogP contribution in [0.4, 0.5) is 17.1 Å². The molecule has 40 heavy (non-hydrogen) atoms. The van der Waals surface area contributed by atoms with E-state index in [-0.39, 0.29) is 23.8 Å². The molecule has 4 aromatic carbocycles. The van der Waals surface area contributed by atoms with Gasteiger partial charge in [0.05, 0.1) is 17.1 Å². The van der Waals surface area contributed by atoms with Crippen molar-refractivity contribution in [3.8, 4) is 0 Å². The van der Waals surface area contributed by atoms with Crippen LogP contribution in [-0.2, 0) is 9.53 Å². The highest BCUT2D eigenvalue weighted by Gasteiger charge is 2.23. The number of nitrogens with one attached hydrogen (secondary N) is 2. The van der Waals surface area contributed by atoms with Gasteiger partial charge in [-0.15, -0.1) is 11.8 Å². The molecular formula is C30H25N3O6S. The predicted molar refractivity (Wildman–Crippen MR) is 154 cm³/mol. The number of amides is 2. The lowest BCUT2D eigenvalue weighted by molar-refractivity contribution is -0.384. The van der Waals surface area contributed by atoms with E-state index in [9.17, 15) is 24.5 Å². The fourth-order valence-electron chi connectivity index (χ4n) is 3.76. The summed E-state index contributed by atoms with van der Waals surface area (Å²) in [5, 5.41) is 16.1. The molecule has 0 aliphatic rings. The van der Waals surface area contributed by atoms with Gasteiger partial charge in [0.25, 0.3) is 11.6 Å². The highest BCUT2D eigenvalue weighted by Crippen LogP contribution is 2.37.